The Balaban J connectivity index is -0.0000000667. The van der Waals surface area contributed by atoms with Crippen LogP contribution in [-0.2, 0) is 0 Å². The molecule has 0 saturated carbocycles. The predicted octanol–water partition coefficient (Wildman–Crippen LogP) is 3.89. The van der Waals surface area contributed by atoms with Crippen molar-refractivity contribution >= 4 is 0 Å². The van der Waals surface area contributed by atoms with Gasteiger partial charge < -0.3 is 25.5 Å². The van der Waals surface area contributed by atoms with Gasteiger partial charge in [0.25, 0.3) is 0 Å². The molecule has 0 aliphatic rings. The van der Waals surface area contributed by atoms with Crippen molar-refractivity contribution in [2.45, 2.75) is 98.8 Å². The molecule has 0 bridgehead atoms. The third-order valence-electron chi connectivity index (χ3n) is 2.56. The third kappa shape index (κ3) is 118. The molecular formula is C20H50O5. The first kappa shape index (κ1) is 35.8. The average Bonchev–Trinajstić information content (AvgIpc) is 2.61. The Morgan fingerprint density at radius 2 is 0.440 bits per heavy atom. The summed E-state index contributed by atoms with van der Waals surface area (Å²) in [7, 11) is 0. The number of hydrogen-bond donors (Lipinski definition) is 5. The highest BCUT2D eigenvalue weighted by Crippen LogP contribution is 1.80. The largest absolute Gasteiger partial charge is 0.396 e. The van der Waals surface area contributed by atoms with E-state index in [4.69, 9.17) is 25.5 Å². The van der Waals surface area contributed by atoms with Crippen LogP contribution in [0.2, 0.25) is 0 Å². The number of aliphatic hydroxyl groups is 5. The molecule has 0 unspecified atom stereocenters. The lowest BCUT2D eigenvalue weighted by Crippen LogP contribution is -1.75. The van der Waals surface area contributed by atoms with Gasteiger partial charge in [-0.05, 0) is 32.1 Å². The van der Waals surface area contributed by atoms with Gasteiger partial charge in [0.2, 0.25) is 0 Å². The lowest BCUT2D eigenvalue weighted by Gasteiger charge is -1.79. The Hall–Kier alpha value is -0.200. The molecule has 0 aromatic carbocycles. The highest BCUT2D eigenvalue weighted by Gasteiger charge is 1.71. The van der Waals surface area contributed by atoms with Crippen LogP contribution in [0, 0.1) is 0 Å². The van der Waals surface area contributed by atoms with E-state index in [2.05, 4.69) is 34.6 Å². The molecule has 0 aliphatic heterocycles. The Labute approximate surface area is 158 Å². The van der Waals surface area contributed by atoms with Gasteiger partial charge in [0.1, 0.15) is 0 Å². The van der Waals surface area contributed by atoms with E-state index in [0.717, 1.165) is 64.2 Å². The van der Waals surface area contributed by atoms with E-state index in [-0.39, 0.29) is 0 Å². The second kappa shape index (κ2) is 56.5. The predicted molar refractivity (Wildman–Crippen MR) is 110 cm³/mol. The Bertz CT molecular complexity index is 90.4. The molecule has 0 rings (SSSR count). The molecule has 5 N–H and O–H groups in total. The van der Waals surface area contributed by atoms with Gasteiger partial charge in [-0.3, -0.25) is 0 Å². The number of hydrogen-bond acceptors (Lipinski definition) is 5. The van der Waals surface area contributed by atoms with E-state index >= 15 is 0 Å². The fourth-order valence-electron chi connectivity index (χ4n) is 0.791. The molecule has 5 nitrogen and oxygen atoms in total. The van der Waals surface area contributed by atoms with Crippen LogP contribution in [0.15, 0.2) is 0 Å². The van der Waals surface area contributed by atoms with Crippen molar-refractivity contribution in [1.29, 1.82) is 0 Å². The standard InChI is InChI=1S/5C4H10O/c5*1-2-3-4-5/h5*5H,2-4H2,1H3. The van der Waals surface area contributed by atoms with Crippen molar-refractivity contribution in [3.05, 3.63) is 0 Å². The van der Waals surface area contributed by atoms with E-state index in [1.807, 2.05) is 0 Å². The molecule has 5 heteroatoms. The van der Waals surface area contributed by atoms with Crippen LogP contribution < -0.4 is 0 Å². The quantitative estimate of drug-likeness (QED) is 0.401. The Morgan fingerprint density at radius 3 is 0.440 bits per heavy atom. The van der Waals surface area contributed by atoms with Gasteiger partial charge in [0.05, 0.1) is 0 Å². The van der Waals surface area contributed by atoms with Gasteiger partial charge in [-0.15, -0.1) is 0 Å². The van der Waals surface area contributed by atoms with Gasteiger partial charge >= 0.3 is 0 Å². The number of rotatable bonds is 10. The molecule has 0 atom stereocenters. The minimum Gasteiger partial charge on any atom is -0.396 e. The Morgan fingerprint density at radius 1 is 0.320 bits per heavy atom. The second-order valence-electron chi connectivity index (χ2n) is 5.39. The monoisotopic (exact) mass is 370 g/mol. The van der Waals surface area contributed by atoms with Gasteiger partial charge in [0.15, 0.2) is 0 Å². The van der Waals surface area contributed by atoms with Crippen LogP contribution in [-0.4, -0.2) is 58.6 Å². The van der Waals surface area contributed by atoms with E-state index < -0.39 is 0 Å². The average molecular weight is 371 g/mol. The van der Waals surface area contributed by atoms with E-state index in [1.54, 1.807) is 0 Å². The van der Waals surface area contributed by atoms with Crippen molar-refractivity contribution in [1.82, 2.24) is 0 Å². The fourth-order valence-corrected chi connectivity index (χ4v) is 0.791. The summed E-state index contributed by atoms with van der Waals surface area (Å²) >= 11 is 0. The SMILES string of the molecule is CCCCO.CCCCO.CCCCO.CCCCO.CCCCO. The Kier molecular flexibility index (Phi) is 81.0. The molecule has 0 saturated heterocycles. The van der Waals surface area contributed by atoms with Gasteiger partial charge in [-0.1, -0.05) is 66.7 Å². The summed E-state index contributed by atoms with van der Waals surface area (Å²) in [6.07, 6.45) is 10.2. The summed E-state index contributed by atoms with van der Waals surface area (Å²) in [5.41, 5.74) is 0. The zero-order valence-corrected chi connectivity index (χ0v) is 17.8. The maximum Gasteiger partial charge on any atom is 0.0430 e. The zero-order valence-electron chi connectivity index (χ0n) is 17.8. The normalized spacial score (nSPS) is 8.40. The lowest BCUT2D eigenvalue weighted by atomic mass is 10.4. The zero-order chi connectivity index (χ0) is 20.6. The molecule has 0 aromatic rings. The first-order valence-electron chi connectivity index (χ1n) is 10.1. The lowest BCUT2D eigenvalue weighted by molar-refractivity contribution is 0.286. The van der Waals surface area contributed by atoms with Crippen LogP contribution in [0.25, 0.3) is 0 Å². The van der Waals surface area contributed by atoms with Crippen molar-refractivity contribution in [3.8, 4) is 0 Å². The molecule has 0 heterocycles. The molecule has 0 amide bonds. The maximum absolute atomic E-state index is 8.07. The molecule has 25 heavy (non-hydrogen) atoms. The summed E-state index contributed by atoms with van der Waals surface area (Å²) < 4.78 is 0. The summed E-state index contributed by atoms with van der Waals surface area (Å²) in [6, 6.07) is 0. The minimum atomic E-state index is 0.344. The first-order chi connectivity index (χ1) is 12.1. The van der Waals surface area contributed by atoms with E-state index in [9.17, 15) is 0 Å². The first-order valence-corrected chi connectivity index (χ1v) is 10.1. The van der Waals surface area contributed by atoms with Crippen molar-refractivity contribution in [2.75, 3.05) is 33.0 Å². The molecule has 160 valence electrons. The van der Waals surface area contributed by atoms with Gasteiger partial charge in [-0.2, -0.15) is 0 Å². The van der Waals surface area contributed by atoms with E-state index in [1.165, 1.54) is 0 Å². The molecular weight excluding hydrogens is 320 g/mol. The van der Waals surface area contributed by atoms with Crippen molar-refractivity contribution in [2.24, 2.45) is 0 Å². The maximum atomic E-state index is 8.07. The number of aliphatic hydroxyl groups excluding tert-OH is 5. The molecule has 0 fully saturated rings. The van der Waals surface area contributed by atoms with E-state index in [0.29, 0.717) is 33.0 Å². The molecule has 0 radical (unpaired) electrons. The van der Waals surface area contributed by atoms with Crippen LogP contribution in [0.3, 0.4) is 0 Å². The van der Waals surface area contributed by atoms with Crippen LogP contribution >= 0.6 is 0 Å². The topological polar surface area (TPSA) is 101 Å². The van der Waals surface area contributed by atoms with Crippen LogP contribution in [0.4, 0.5) is 0 Å². The van der Waals surface area contributed by atoms with Gasteiger partial charge in [-0.25, -0.2) is 0 Å². The van der Waals surface area contributed by atoms with Crippen LogP contribution in [0.5, 0.6) is 0 Å². The van der Waals surface area contributed by atoms with Crippen molar-refractivity contribution < 1.29 is 25.5 Å². The smallest absolute Gasteiger partial charge is 0.0430 e. The summed E-state index contributed by atoms with van der Waals surface area (Å²) in [5.74, 6) is 0. The minimum absolute atomic E-state index is 0.344. The molecule has 0 aliphatic carbocycles. The van der Waals surface area contributed by atoms with Crippen molar-refractivity contribution in [3.63, 3.8) is 0 Å². The molecule has 0 aromatic heterocycles. The highest BCUT2D eigenvalue weighted by atomic mass is 16.3. The van der Waals surface area contributed by atoms with Gasteiger partial charge in [0, 0.05) is 33.0 Å². The second-order valence-corrected chi connectivity index (χ2v) is 5.39. The molecule has 0 spiro atoms. The summed E-state index contributed by atoms with van der Waals surface area (Å²) in [5, 5.41) is 40.3. The third-order valence-corrected chi connectivity index (χ3v) is 2.56. The fraction of sp³-hybridized carbons (Fsp3) is 1.00. The highest BCUT2D eigenvalue weighted by molar-refractivity contribution is 4.25. The number of unbranched alkanes of at least 4 members (excludes halogenated alkanes) is 5. The summed E-state index contributed by atoms with van der Waals surface area (Å²) in [4.78, 5) is 0. The van der Waals surface area contributed by atoms with Crippen LogP contribution in [0.1, 0.15) is 98.8 Å². The summed E-state index contributed by atoms with van der Waals surface area (Å²) in [6.45, 7) is 12.0.